The van der Waals surface area contributed by atoms with Crippen LogP contribution in [0.5, 0.6) is 0 Å². The first kappa shape index (κ1) is 14.2. The maximum atomic E-state index is 11.2. The normalized spacial score (nSPS) is 21.9. The van der Waals surface area contributed by atoms with Gasteiger partial charge in [-0.15, -0.1) is 0 Å². The molecule has 2 rings (SSSR count). The molecule has 19 heavy (non-hydrogen) atoms. The van der Waals surface area contributed by atoms with E-state index in [0.717, 1.165) is 25.1 Å². The third kappa shape index (κ3) is 3.61. The molecule has 104 valence electrons. The number of hydrogen-bond acceptors (Lipinski definition) is 3. The number of halogens is 1. The van der Waals surface area contributed by atoms with Crippen LogP contribution < -0.4 is 11.1 Å². The van der Waals surface area contributed by atoms with E-state index in [4.69, 9.17) is 22.1 Å². The molecular weight excluding hydrogens is 264 g/mol. The number of benzene rings is 1. The minimum Gasteiger partial charge on any atom is -0.381 e. The Morgan fingerprint density at radius 2 is 2.26 bits per heavy atom. The summed E-state index contributed by atoms with van der Waals surface area (Å²) in [5, 5.41) is 3.97. The number of rotatable bonds is 3. The predicted molar refractivity (Wildman–Crippen MR) is 76.6 cm³/mol. The van der Waals surface area contributed by atoms with E-state index < -0.39 is 5.91 Å². The molecule has 1 amide bonds. The zero-order valence-electron chi connectivity index (χ0n) is 11.2. The van der Waals surface area contributed by atoms with Crippen molar-refractivity contribution in [3.8, 4) is 0 Å². The van der Waals surface area contributed by atoms with E-state index in [9.17, 15) is 4.79 Å². The van der Waals surface area contributed by atoms with Crippen LogP contribution in [0.15, 0.2) is 18.2 Å². The number of carbonyl (C=O) groups is 1. The summed E-state index contributed by atoms with van der Waals surface area (Å²) in [4.78, 5) is 11.2. The Kier molecular flexibility index (Phi) is 4.02. The molecule has 4 nitrogen and oxygen atoms in total. The van der Waals surface area contributed by atoms with Crippen molar-refractivity contribution in [3.05, 3.63) is 28.8 Å². The summed E-state index contributed by atoms with van der Waals surface area (Å²) in [6.45, 7) is 4.86. The van der Waals surface area contributed by atoms with E-state index in [2.05, 4.69) is 19.2 Å². The largest absolute Gasteiger partial charge is 0.381 e. The Balaban J connectivity index is 2.14. The molecule has 1 unspecified atom stereocenters. The van der Waals surface area contributed by atoms with Gasteiger partial charge in [0.25, 0.3) is 0 Å². The summed E-state index contributed by atoms with van der Waals surface area (Å²) < 4.78 is 5.68. The summed E-state index contributed by atoms with van der Waals surface area (Å²) in [5.41, 5.74) is 6.35. The number of nitrogens with two attached hydrogens (primary N) is 1. The molecule has 1 aromatic carbocycles. The molecule has 1 atom stereocenters. The van der Waals surface area contributed by atoms with Gasteiger partial charge in [-0.25, -0.2) is 0 Å². The molecular formula is C14H19ClN2O2. The lowest BCUT2D eigenvalue weighted by Gasteiger charge is -2.36. The Labute approximate surface area is 118 Å². The first-order valence-electron chi connectivity index (χ1n) is 6.37. The van der Waals surface area contributed by atoms with Crippen molar-refractivity contribution in [1.29, 1.82) is 0 Å². The zero-order valence-corrected chi connectivity index (χ0v) is 12.0. The van der Waals surface area contributed by atoms with Crippen molar-refractivity contribution >= 4 is 23.2 Å². The van der Waals surface area contributed by atoms with Gasteiger partial charge in [-0.05, 0) is 44.9 Å². The molecule has 0 aliphatic carbocycles. The average Bonchev–Trinajstić information content (AvgIpc) is 2.30. The molecule has 0 bridgehead atoms. The van der Waals surface area contributed by atoms with Crippen LogP contribution in [0.25, 0.3) is 0 Å². The predicted octanol–water partition coefficient (Wildman–Crippen LogP) is 2.81. The number of hydrogen-bond donors (Lipinski definition) is 2. The average molecular weight is 283 g/mol. The fraction of sp³-hybridized carbons (Fsp3) is 0.500. The molecule has 1 fully saturated rings. The summed E-state index contributed by atoms with van der Waals surface area (Å²) in [7, 11) is 0. The smallest absolute Gasteiger partial charge is 0.248 e. The third-order valence-corrected chi connectivity index (χ3v) is 3.64. The molecule has 1 aromatic rings. The molecule has 1 aliphatic heterocycles. The fourth-order valence-corrected chi connectivity index (χ4v) is 2.54. The number of amides is 1. The molecule has 3 N–H and O–H groups in total. The van der Waals surface area contributed by atoms with Crippen molar-refractivity contribution < 1.29 is 9.53 Å². The van der Waals surface area contributed by atoms with Crippen LogP contribution in [0.4, 0.5) is 5.69 Å². The summed E-state index contributed by atoms with van der Waals surface area (Å²) >= 11 is 6.15. The number of ether oxygens (including phenoxy) is 1. The summed E-state index contributed by atoms with van der Waals surface area (Å²) in [6.07, 6.45) is 1.81. The van der Waals surface area contributed by atoms with Gasteiger partial charge < -0.3 is 15.8 Å². The molecule has 1 aliphatic rings. The fourth-order valence-electron chi connectivity index (χ4n) is 2.36. The second-order valence-corrected chi connectivity index (χ2v) is 5.91. The van der Waals surface area contributed by atoms with Gasteiger partial charge in [-0.2, -0.15) is 0 Å². The van der Waals surface area contributed by atoms with Crippen LogP contribution in [0, 0.1) is 0 Å². The van der Waals surface area contributed by atoms with Crippen LogP contribution in [0.3, 0.4) is 0 Å². The second-order valence-electron chi connectivity index (χ2n) is 5.50. The van der Waals surface area contributed by atoms with Crippen molar-refractivity contribution in [2.75, 3.05) is 11.9 Å². The highest BCUT2D eigenvalue weighted by Gasteiger charge is 2.29. The minimum atomic E-state index is -0.452. The highest BCUT2D eigenvalue weighted by atomic mass is 35.5. The topological polar surface area (TPSA) is 64.3 Å². The van der Waals surface area contributed by atoms with Crippen LogP contribution >= 0.6 is 11.6 Å². The van der Waals surface area contributed by atoms with E-state index >= 15 is 0 Å². The molecule has 0 aromatic heterocycles. The Morgan fingerprint density at radius 3 is 2.89 bits per heavy atom. The molecule has 0 radical (unpaired) electrons. The van der Waals surface area contributed by atoms with Gasteiger partial charge in [0.1, 0.15) is 0 Å². The lowest BCUT2D eigenvalue weighted by atomic mass is 9.93. The third-order valence-electron chi connectivity index (χ3n) is 3.31. The van der Waals surface area contributed by atoms with Crippen molar-refractivity contribution in [2.45, 2.75) is 38.3 Å². The van der Waals surface area contributed by atoms with E-state index in [0.29, 0.717) is 10.6 Å². The first-order chi connectivity index (χ1) is 8.87. The second kappa shape index (κ2) is 5.39. The van der Waals surface area contributed by atoms with Gasteiger partial charge >= 0.3 is 0 Å². The van der Waals surface area contributed by atoms with Crippen LogP contribution in [0.1, 0.15) is 37.0 Å². The summed E-state index contributed by atoms with van der Waals surface area (Å²) in [6, 6.07) is 5.30. The van der Waals surface area contributed by atoms with Crippen LogP contribution in [0.2, 0.25) is 5.02 Å². The molecule has 5 heteroatoms. The molecule has 0 spiro atoms. The number of carbonyl (C=O) groups excluding carboxylic acids is 1. The standard InChI is InChI=1S/C14H19ClN2O2/c1-14(2)8-10(5-6-19-14)17-12-7-9(13(16)18)3-4-11(12)15/h3-4,7,10,17H,5-6,8H2,1-2H3,(H2,16,18). The SMILES string of the molecule is CC1(C)CC(Nc2cc(C(N)=O)ccc2Cl)CCO1. The first-order valence-corrected chi connectivity index (χ1v) is 6.75. The lowest BCUT2D eigenvalue weighted by molar-refractivity contribution is -0.0553. The molecule has 1 heterocycles. The van der Waals surface area contributed by atoms with Crippen molar-refractivity contribution in [1.82, 2.24) is 0 Å². The Morgan fingerprint density at radius 1 is 1.53 bits per heavy atom. The van der Waals surface area contributed by atoms with Crippen LogP contribution in [-0.4, -0.2) is 24.2 Å². The highest BCUT2D eigenvalue weighted by Crippen LogP contribution is 2.29. The number of primary amides is 1. The quantitative estimate of drug-likeness (QED) is 0.896. The highest BCUT2D eigenvalue weighted by molar-refractivity contribution is 6.33. The Bertz CT molecular complexity index is 488. The monoisotopic (exact) mass is 282 g/mol. The van der Waals surface area contributed by atoms with Crippen molar-refractivity contribution in [3.63, 3.8) is 0 Å². The zero-order chi connectivity index (χ0) is 14.0. The maximum absolute atomic E-state index is 11.2. The molecule has 1 saturated heterocycles. The van der Waals surface area contributed by atoms with E-state index in [1.807, 2.05) is 0 Å². The van der Waals surface area contributed by atoms with Gasteiger partial charge in [0.2, 0.25) is 5.91 Å². The minimum absolute atomic E-state index is 0.135. The lowest BCUT2D eigenvalue weighted by Crippen LogP contribution is -2.40. The van der Waals surface area contributed by atoms with E-state index in [1.54, 1.807) is 18.2 Å². The van der Waals surface area contributed by atoms with Gasteiger partial charge in [-0.3, -0.25) is 4.79 Å². The number of anilines is 1. The van der Waals surface area contributed by atoms with E-state index in [1.165, 1.54) is 0 Å². The van der Waals surface area contributed by atoms with Gasteiger partial charge in [0.05, 0.1) is 16.3 Å². The van der Waals surface area contributed by atoms with E-state index in [-0.39, 0.29) is 11.6 Å². The van der Waals surface area contributed by atoms with Crippen molar-refractivity contribution in [2.24, 2.45) is 5.73 Å². The molecule has 0 saturated carbocycles. The maximum Gasteiger partial charge on any atom is 0.248 e. The van der Waals surface area contributed by atoms with Gasteiger partial charge in [0, 0.05) is 18.2 Å². The Hall–Kier alpha value is -1.26. The van der Waals surface area contributed by atoms with Gasteiger partial charge in [-0.1, -0.05) is 11.6 Å². The van der Waals surface area contributed by atoms with Gasteiger partial charge in [0.15, 0.2) is 0 Å². The summed E-state index contributed by atoms with van der Waals surface area (Å²) in [5.74, 6) is -0.452. The number of nitrogens with one attached hydrogen (secondary N) is 1. The van der Waals surface area contributed by atoms with Crippen LogP contribution in [-0.2, 0) is 4.74 Å².